The predicted octanol–water partition coefficient (Wildman–Crippen LogP) is 0.456. The molecule has 0 aromatic heterocycles. The van der Waals surface area contributed by atoms with Gasteiger partial charge in [0.05, 0.1) is 0 Å². The van der Waals surface area contributed by atoms with E-state index in [-0.39, 0.29) is 0 Å². The first-order valence-electron chi connectivity index (χ1n) is 1.93. The monoisotopic (exact) mass is 214 g/mol. The van der Waals surface area contributed by atoms with Crippen LogP contribution in [0, 0.1) is 0 Å². The van der Waals surface area contributed by atoms with Gasteiger partial charge < -0.3 is 0 Å². The summed E-state index contributed by atoms with van der Waals surface area (Å²) in [5.74, 6) is 0. The lowest BCUT2D eigenvalue weighted by Gasteiger charge is -2.03. The maximum atomic E-state index is 11.1. The van der Waals surface area contributed by atoms with Crippen LogP contribution in [0.25, 0.3) is 0 Å². The molecule has 0 saturated heterocycles. The molecular weight excluding hydrogens is 212 g/mol. The fourth-order valence-corrected chi connectivity index (χ4v) is 0.999. The van der Waals surface area contributed by atoms with E-state index in [1.165, 1.54) is 0 Å². The van der Waals surface area contributed by atoms with Gasteiger partial charge in [-0.15, -0.1) is 13.2 Å². The van der Waals surface area contributed by atoms with Crippen molar-refractivity contribution < 1.29 is 34.6 Å². The predicted molar refractivity (Wildman–Crippen MR) is 27.5 cm³/mol. The van der Waals surface area contributed by atoms with Gasteiger partial charge in [-0.25, -0.2) is 12.9 Å². The van der Waals surface area contributed by atoms with Crippen LogP contribution in [0.4, 0.5) is 13.2 Å². The van der Waals surface area contributed by atoms with E-state index in [0.717, 1.165) is 0 Å². The minimum absolute atomic E-state index is 2.69. The van der Waals surface area contributed by atoms with Gasteiger partial charge in [0.1, 0.15) is 0 Å². The van der Waals surface area contributed by atoms with Crippen molar-refractivity contribution in [1.82, 2.24) is 0 Å². The van der Waals surface area contributed by atoms with Gasteiger partial charge in [-0.05, 0) is 0 Å². The summed E-state index contributed by atoms with van der Waals surface area (Å²) in [6.45, 7) is 0. The van der Waals surface area contributed by atoms with Crippen LogP contribution in [0.2, 0.25) is 0 Å². The van der Waals surface area contributed by atoms with Crippen LogP contribution in [-0.2, 0) is 24.0 Å². The Labute approximate surface area is 61.2 Å². The Hall–Kier alpha value is -0.110. The third-order valence-corrected chi connectivity index (χ3v) is 1.94. The Kier molecular flexibility index (Phi) is 4.01. The van der Waals surface area contributed by atoms with Crippen molar-refractivity contribution in [3.05, 3.63) is 0 Å². The molecule has 0 bridgehead atoms. The standard InChI is InChI=1S/CH2F3O5PS/c2-1(3,4)8-10(5)9-11(6)7/h10-11H. The van der Waals surface area contributed by atoms with Crippen molar-refractivity contribution in [2.75, 3.05) is 0 Å². The minimum Gasteiger partial charge on any atom is -0.262 e. The van der Waals surface area contributed by atoms with E-state index >= 15 is 0 Å². The molecule has 11 heavy (non-hydrogen) atoms. The molecule has 1 unspecified atom stereocenters. The SMILES string of the molecule is O=[PH](O[SH](=O)=O)OC(F)(F)F. The Morgan fingerprint density at radius 3 is 2.00 bits per heavy atom. The van der Waals surface area contributed by atoms with Gasteiger partial charge in [-0.1, -0.05) is 0 Å². The lowest BCUT2D eigenvalue weighted by Crippen LogP contribution is -2.08. The van der Waals surface area contributed by atoms with Crippen molar-refractivity contribution in [2.45, 2.75) is 6.36 Å². The van der Waals surface area contributed by atoms with E-state index in [4.69, 9.17) is 0 Å². The van der Waals surface area contributed by atoms with Gasteiger partial charge >= 0.3 is 14.6 Å². The summed E-state index contributed by atoms with van der Waals surface area (Å²) in [7, 11) is -7.60. The van der Waals surface area contributed by atoms with E-state index in [9.17, 15) is 26.2 Å². The highest BCUT2D eigenvalue weighted by Gasteiger charge is 2.32. The van der Waals surface area contributed by atoms with E-state index in [2.05, 4.69) is 8.49 Å². The Bertz CT molecular complexity index is 210. The molecule has 0 aromatic carbocycles. The second-order valence-electron chi connectivity index (χ2n) is 1.11. The first kappa shape index (κ1) is 10.9. The molecular formula is CH2F3O5PS. The maximum absolute atomic E-state index is 11.1. The quantitative estimate of drug-likeness (QED) is 0.545. The number of alkyl halides is 3. The Balaban J connectivity index is 3.90. The number of rotatable bonds is 3. The average Bonchev–Trinajstić information content (AvgIpc) is 1.53. The first-order chi connectivity index (χ1) is 4.81. The fraction of sp³-hybridized carbons (Fsp3) is 1.00. The van der Waals surface area contributed by atoms with Crippen LogP contribution in [-0.4, -0.2) is 14.8 Å². The second kappa shape index (κ2) is 4.05. The zero-order valence-corrected chi connectivity index (χ0v) is 6.52. The van der Waals surface area contributed by atoms with Gasteiger partial charge in [0, 0.05) is 0 Å². The van der Waals surface area contributed by atoms with Gasteiger partial charge in [-0.2, -0.15) is 3.97 Å². The second-order valence-corrected chi connectivity index (χ2v) is 2.99. The molecule has 1 atom stereocenters. The van der Waals surface area contributed by atoms with Crippen LogP contribution in [0.1, 0.15) is 0 Å². The zero-order chi connectivity index (χ0) is 9.07. The Morgan fingerprint density at radius 2 is 1.73 bits per heavy atom. The smallest absolute Gasteiger partial charge is 0.262 e. The molecule has 0 amide bonds. The van der Waals surface area contributed by atoms with Crippen LogP contribution in [0.5, 0.6) is 0 Å². The van der Waals surface area contributed by atoms with Gasteiger partial charge in [0.25, 0.3) is 11.0 Å². The highest BCUT2D eigenvalue weighted by molar-refractivity contribution is 7.72. The summed E-state index contributed by atoms with van der Waals surface area (Å²) in [5, 5.41) is 0. The molecule has 0 aliphatic heterocycles. The maximum Gasteiger partial charge on any atom is 0.529 e. The lowest BCUT2D eigenvalue weighted by atomic mass is 11.4. The molecule has 0 aliphatic carbocycles. The van der Waals surface area contributed by atoms with Crippen LogP contribution in [0.15, 0.2) is 0 Å². The first-order valence-corrected chi connectivity index (χ1v) is 4.25. The van der Waals surface area contributed by atoms with Crippen molar-refractivity contribution in [3.63, 3.8) is 0 Å². The zero-order valence-electron chi connectivity index (χ0n) is 4.62. The highest BCUT2D eigenvalue weighted by atomic mass is 32.2. The van der Waals surface area contributed by atoms with Gasteiger partial charge in [0.15, 0.2) is 0 Å². The summed E-state index contributed by atoms with van der Waals surface area (Å²) in [4.78, 5) is 0. The van der Waals surface area contributed by atoms with Crippen LogP contribution in [0.3, 0.4) is 0 Å². The van der Waals surface area contributed by atoms with Gasteiger partial charge in [-0.3, -0.25) is 4.57 Å². The van der Waals surface area contributed by atoms with Crippen molar-refractivity contribution in [1.29, 1.82) is 0 Å². The van der Waals surface area contributed by atoms with E-state index < -0.39 is 25.6 Å². The minimum atomic E-state index is -5.15. The molecule has 0 N–H and O–H groups in total. The highest BCUT2D eigenvalue weighted by Crippen LogP contribution is 2.33. The third-order valence-electron chi connectivity index (χ3n) is 0.348. The molecule has 10 heteroatoms. The molecule has 0 spiro atoms. The number of thiol groups is 1. The summed E-state index contributed by atoms with van der Waals surface area (Å²) in [5.41, 5.74) is 0. The molecule has 0 aliphatic rings. The molecule has 0 radical (unpaired) electrons. The number of halogens is 3. The fourth-order valence-electron chi connectivity index (χ4n) is 0.174. The number of hydrogen-bond donors (Lipinski definition) is 1. The van der Waals surface area contributed by atoms with E-state index in [0.29, 0.717) is 0 Å². The largest absolute Gasteiger partial charge is 0.529 e. The molecule has 0 heterocycles. The van der Waals surface area contributed by atoms with Crippen LogP contribution < -0.4 is 0 Å². The number of hydrogen-bond acceptors (Lipinski definition) is 5. The Morgan fingerprint density at radius 1 is 1.27 bits per heavy atom. The average molecular weight is 214 g/mol. The summed E-state index contributed by atoms with van der Waals surface area (Å²) in [6.07, 6.45) is -5.15. The molecule has 5 nitrogen and oxygen atoms in total. The van der Waals surface area contributed by atoms with Crippen molar-refractivity contribution >= 4 is 19.2 Å². The molecule has 0 fully saturated rings. The molecule has 0 saturated carbocycles. The summed E-state index contributed by atoms with van der Waals surface area (Å²) >= 11 is 0. The van der Waals surface area contributed by atoms with Gasteiger partial charge in [0.2, 0.25) is 0 Å². The molecule has 0 rings (SSSR count). The summed E-state index contributed by atoms with van der Waals surface area (Å²) < 4.78 is 68.0. The van der Waals surface area contributed by atoms with E-state index in [1.807, 2.05) is 0 Å². The van der Waals surface area contributed by atoms with Crippen molar-refractivity contribution in [3.8, 4) is 0 Å². The molecule has 68 valence electrons. The normalized spacial score (nSPS) is 15.3. The topological polar surface area (TPSA) is 69.7 Å². The van der Waals surface area contributed by atoms with Crippen LogP contribution >= 0.6 is 8.25 Å². The molecule has 0 aromatic rings. The summed E-state index contributed by atoms with van der Waals surface area (Å²) in [6, 6.07) is 0. The van der Waals surface area contributed by atoms with E-state index in [1.54, 1.807) is 0 Å². The third kappa shape index (κ3) is 7.79. The lowest BCUT2D eigenvalue weighted by molar-refractivity contribution is -0.274. The van der Waals surface area contributed by atoms with Crippen molar-refractivity contribution in [2.24, 2.45) is 0 Å².